The van der Waals surface area contributed by atoms with E-state index in [1.807, 2.05) is 0 Å². The van der Waals surface area contributed by atoms with Gasteiger partial charge < -0.3 is 5.32 Å². The predicted octanol–water partition coefficient (Wildman–Crippen LogP) is 2.67. The number of anilines is 2. The summed E-state index contributed by atoms with van der Waals surface area (Å²) in [5.74, 6) is -0.475. The maximum atomic E-state index is 12.8. The molecule has 6 heteroatoms. The molecule has 0 aliphatic rings. The molecule has 0 saturated heterocycles. The van der Waals surface area contributed by atoms with E-state index in [-0.39, 0.29) is 4.90 Å². The SMILES string of the molecule is CNc1ccc(NS(=O)(=O)c2ccc(F)cc2)cc1. The zero-order valence-electron chi connectivity index (χ0n) is 10.2. The van der Waals surface area contributed by atoms with Gasteiger partial charge in [-0.25, -0.2) is 12.8 Å². The number of halogens is 1. The summed E-state index contributed by atoms with van der Waals surface area (Å²) >= 11 is 0. The standard InChI is InChI=1S/C13H13FN2O2S/c1-15-11-4-6-12(7-5-11)16-19(17,18)13-8-2-10(14)3-9-13/h2-9,15-16H,1H3. The Bertz CT molecular complexity index is 652. The van der Waals surface area contributed by atoms with Gasteiger partial charge >= 0.3 is 0 Å². The minimum Gasteiger partial charge on any atom is -0.388 e. The Balaban J connectivity index is 2.23. The lowest BCUT2D eigenvalue weighted by atomic mass is 10.3. The van der Waals surface area contributed by atoms with Gasteiger partial charge in [0.1, 0.15) is 5.82 Å². The van der Waals surface area contributed by atoms with Crippen LogP contribution in [-0.4, -0.2) is 15.5 Å². The van der Waals surface area contributed by atoms with E-state index in [1.54, 1.807) is 31.3 Å². The normalized spacial score (nSPS) is 11.1. The van der Waals surface area contributed by atoms with E-state index < -0.39 is 15.8 Å². The third kappa shape index (κ3) is 3.23. The summed E-state index contributed by atoms with van der Waals surface area (Å²) in [4.78, 5) is 0.0200. The Morgan fingerprint density at radius 1 is 0.895 bits per heavy atom. The van der Waals surface area contributed by atoms with E-state index in [1.165, 1.54) is 12.1 Å². The summed E-state index contributed by atoms with van der Waals surface area (Å²) in [5, 5.41) is 2.94. The first kappa shape index (κ1) is 13.4. The molecule has 2 aromatic carbocycles. The lowest BCUT2D eigenvalue weighted by molar-refractivity contribution is 0.599. The Labute approximate surface area is 111 Å². The second kappa shape index (κ2) is 5.27. The molecule has 19 heavy (non-hydrogen) atoms. The molecule has 2 aromatic rings. The van der Waals surface area contributed by atoms with Gasteiger partial charge in [0.25, 0.3) is 10.0 Å². The molecular formula is C13H13FN2O2S. The zero-order valence-corrected chi connectivity index (χ0v) is 11.0. The van der Waals surface area contributed by atoms with Gasteiger partial charge in [-0.2, -0.15) is 0 Å². The minimum absolute atomic E-state index is 0.0200. The molecule has 2 rings (SSSR count). The fourth-order valence-electron chi connectivity index (χ4n) is 1.53. The van der Waals surface area contributed by atoms with Crippen molar-refractivity contribution in [2.24, 2.45) is 0 Å². The van der Waals surface area contributed by atoms with Crippen molar-refractivity contribution in [2.75, 3.05) is 17.1 Å². The average Bonchev–Trinajstić information content (AvgIpc) is 2.40. The molecule has 0 bridgehead atoms. The molecule has 100 valence electrons. The van der Waals surface area contributed by atoms with Crippen molar-refractivity contribution in [2.45, 2.75) is 4.90 Å². The van der Waals surface area contributed by atoms with E-state index in [0.29, 0.717) is 5.69 Å². The Kier molecular flexibility index (Phi) is 3.71. The maximum Gasteiger partial charge on any atom is 0.261 e. The van der Waals surface area contributed by atoms with Gasteiger partial charge in [-0.05, 0) is 48.5 Å². The molecule has 0 atom stereocenters. The average molecular weight is 280 g/mol. The fourth-order valence-corrected chi connectivity index (χ4v) is 2.59. The quantitative estimate of drug-likeness (QED) is 0.905. The van der Waals surface area contributed by atoms with E-state index >= 15 is 0 Å². The van der Waals surface area contributed by atoms with Crippen LogP contribution in [0.2, 0.25) is 0 Å². The molecule has 0 radical (unpaired) electrons. The molecule has 0 aliphatic heterocycles. The molecule has 0 unspecified atom stereocenters. The summed E-state index contributed by atoms with van der Waals surface area (Å²) in [5.41, 5.74) is 1.33. The highest BCUT2D eigenvalue weighted by molar-refractivity contribution is 7.92. The highest BCUT2D eigenvalue weighted by Crippen LogP contribution is 2.18. The van der Waals surface area contributed by atoms with Crippen molar-refractivity contribution in [1.29, 1.82) is 0 Å². The van der Waals surface area contributed by atoms with Crippen LogP contribution in [0.25, 0.3) is 0 Å². The number of nitrogens with one attached hydrogen (secondary N) is 2. The molecular weight excluding hydrogens is 267 g/mol. The third-order valence-corrected chi connectivity index (χ3v) is 3.95. The van der Waals surface area contributed by atoms with Gasteiger partial charge in [0.15, 0.2) is 0 Å². The minimum atomic E-state index is -3.69. The Morgan fingerprint density at radius 2 is 1.42 bits per heavy atom. The fraction of sp³-hybridized carbons (Fsp3) is 0.0769. The lowest BCUT2D eigenvalue weighted by Crippen LogP contribution is -2.12. The first-order valence-electron chi connectivity index (χ1n) is 5.57. The van der Waals surface area contributed by atoms with E-state index in [9.17, 15) is 12.8 Å². The second-order valence-corrected chi connectivity index (χ2v) is 5.57. The van der Waals surface area contributed by atoms with E-state index in [2.05, 4.69) is 10.0 Å². The number of sulfonamides is 1. The van der Waals surface area contributed by atoms with E-state index in [0.717, 1.165) is 17.8 Å². The van der Waals surface area contributed by atoms with Crippen molar-refractivity contribution < 1.29 is 12.8 Å². The molecule has 0 heterocycles. The van der Waals surface area contributed by atoms with Crippen molar-refractivity contribution in [3.8, 4) is 0 Å². The van der Waals surface area contributed by atoms with Gasteiger partial charge in [-0.3, -0.25) is 4.72 Å². The highest BCUT2D eigenvalue weighted by atomic mass is 32.2. The van der Waals surface area contributed by atoms with Gasteiger partial charge in [-0.1, -0.05) is 0 Å². The van der Waals surface area contributed by atoms with Crippen LogP contribution in [0.15, 0.2) is 53.4 Å². The molecule has 0 amide bonds. The summed E-state index contributed by atoms with van der Waals surface area (Å²) in [6.45, 7) is 0. The van der Waals surface area contributed by atoms with Gasteiger partial charge in [0.05, 0.1) is 4.90 Å². The summed E-state index contributed by atoms with van der Waals surface area (Å²) < 4.78 is 39.2. The third-order valence-electron chi connectivity index (χ3n) is 2.55. The zero-order chi connectivity index (χ0) is 13.9. The smallest absolute Gasteiger partial charge is 0.261 e. The van der Waals surface area contributed by atoms with Gasteiger partial charge in [0.2, 0.25) is 0 Å². The molecule has 0 aromatic heterocycles. The number of rotatable bonds is 4. The predicted molar refractivity (Wildman–Crippen MR) is 73.2 cm³/mol. The van der Waals surface area contributed by atoms with Crippen molar-refractivity contribution in [3.05, 3.63) is 54.3 Å². The largest absolute Gasteiger partial charge is 0.388 e. The van der Waals surface area contributed by atoms with Crippen molar-refractivity contribution >= 4 is 21.4 Å². The highest BCUT2D eigenvalue weighted by Gasteiger charge is 2.13. The van der Waals surface area contributed by atoms with Crippen molar-refractivity contribution in [3.63, 3.8) is 0 Å². The summed E-state index contributed by atoms with van der Waals surface area (Å²) in [6.07, 6.45) is 0. The number of hydrogen-bond donors (Lipinski definition) is 2. The molecule has 0 saturated carbocycles. The summed E-state index contributed by atoms with van der Waals surface area (Å²) in [7, 11) is -1.91. The monoisotopic (exact) mass is 280 g/mol. The van der Waals surface area contributed by atoms with Crippen LogP contribution in [0.4, 0.5) is 15.8 Å². The summed E-state index contributed by atoms with van der Waals surface area (Å²) in [6, 6.07) is 11.5. The molecule has 2 N–H and O–H groups in total. The number of benzene rings is 2. The number of hydrogen-bond acceptors (Lipinski definition) is 3. The maximum absolute atomic E-state index is 12.8. The topological polar surface area (TPSA) is 58.2 Å². The van der Waals surface area contributed by atoms with Crippen LogP contribution in [0, 0.1) is 5.82 Å². The first-order chi connectivity index (χ1) is 9.01. The molecule has 0 spiro atoms. The second-order valence-electron chi connectivity index (χ2n) is 3.89. The van der Waals surface area contributed by atoms with Crippen LogP contribution >= 0.6 is 0 Å². The first-order valence-corrected chi connectivity index (χ1v) is 7.06. The van der Waals surface area contributed by atoms with Gasteiger partial charge in [0, 0.05) is 18.4 Å². The van der Waals surface area contributed by atoms with Crippen LogP contribution in [0.5, 0.6) is 0 Å². The van der Waals surface area contributed by atoms with Crippen LogP contribution < -0.4 is 10.0 Å². The lowest BCUT2D eigenvalue weighted by Gasteiger charge is -2.08. The Morgan fingerprint density at radius 3 is 1.95 bits per heavy atom. The van der Waals surface area contributed by atoms with Crippen LogP contribution in [-0.2, 0) is 10.0 Å². The van der Waals surface area contributed by atoms with Crippen LogP contribution in [0.1, 0.15) is 0 Å². The molecule has 4 nitrogen and oxygen atoms in total. The van der Waals surface area contributed by atoms with E-state index in [4.69, 9.17) is 0 Å². The van der Waals surface area contributed by atoms with Crippen molar-refractivity contribution in [1.82, 2.24) is 0 Å². The van der Waals surface area contributed by atoms with Crippen LogP contribution in [0.3, 0.4) is 0 Å². The van der Waals surface area contributed by atoms with Gasteiger partial charge in [-0.15, -0.1) is 0 Å². The Hall–Kier alpha value is -2.08. The molecule has 0 fully saturated rings. The molecule has 0 aliphatic carbocycles.